The molecule has 2 rings (SSSR count). The first-order chi connectivity index (χ1) is 11.4. The van der Waals surface area contributed by atoms with Gasteiger partial charge in [-0.3, -0.25) is 4.79 Å². The summed E-state index contributed by atoms with van der Waals surface area (Å²) in [5, 5.41) is 12.3. The van der Waals surface area contributed by atoms with Crippen LogP contribution in [0.2, 0.25) is 10.0 Å². The molecule has 0 heterocycles. The van der Waals surface area contributed by atoms with Gasteiger partial charge in [-0.1, -0.05) is 35.3 Å². The first kappa shape index (κ1) is 17.8. The summed E-state index contributed by atoms with van der Waals surface area (Å²) >= 11 is 11.8. The lowest BCUT2D eigenvalue weighted by molar-refractivity contribution is -0.111. The van der Waals surface area contributed by atoms with Gasteiger partial charge < -0.3 is 15.2 Å². The summed E-state index contributed by atoms with van der Waals surface area (Å²) in [6, 6.07) is 9.46. The van der Waals surface area contributed by atoms with Gasteiger partial charge >= 0.3 is 5.97 Å². The first-order valence-electron chi connectivity index (χ1n) is 6.76. The number of aromatic carboxylic acids is 1. The molecule has 2 aromatic rings. The Hall–Kier alpha value is -2.50. The summed E-state index contributed by atoms with van der Waals surface area (Å²) in [4.78, 5) is 23.1. The molecule has 0 saturated heterocycles. The van der Waals surface area contributed by atoms with Gasteiger partial charge in [0.15, 0.2) is 5.75 Å². The van der Waals surface area contributed by atoms with E-state index in [0.29, 0.717) is 5.02 Å². The molecule has 0 saturated carbocycles. The van der Waals surface area contributed by atoms with Crippen molar-refractivity contribution >= 4 is 46.8 Å². The number of amides is 1. The van der Waals surface area contributed by atoms with Crippen LogP contribution in [0.4, 0.5) is 5.69 Å². The van der Waals surface area contributed by atoms with Gasteiger partial charge in [-0.15, -0.1) is 0 Å². The largest absolute Gasteiger partial charge is 0.493 e. The molecule has 0 aliphatic carbocycles. The van der Waals surface area contributed by atoms with Crippen LogP contribution in [0.15, 0.2) is 42.5 Å². The molecule has 0 fully saturated rings. The minimum absolute atomic E-state index is 0.0576. The van der Waals surface area contributed by atoms with Crippen molar-refractivity contribution in [1.82, 2.24) is 0 Å². The van der Waals surface area contributed by atoms with Crippen molar-refractivity contribution in [3.05, 3.63) is 63.6 Å². The highest BCUT2D eigenvalue weighted by Gasteiger charge is 2.15. The highest BCUT2D eigenvalue weighted by molar-refractivity contribution is 6.33. The van der Waals surface area contributed by atoms with Crippen LogP contribution in [0.3, 0.4) is 0 Å². The van der Waals surface area contributed by atoms with Crippen molar-refractivity contribution in [3.8, 4) is 5.75 Å². The SMILES string of the molecule is COc1c(Cl)cc(C(=O)O)cc1NC(=O)/C=C/c1ccc(Cl)cc1. The van der Waals surface area contributed by atoms with Gasteiger partial charge in [0.2, 0.25) is 5.91 Å². The van der Waals surface area contributed by atoms with Gasteiger partial charge in [-0.2, -0.15) is 0 Å². The summed E-state index contributed by atoms with van der Waals surface area (Å²) in [5.41, 5.74) is 0.907. The highest BCUT2D eigenvalue weighted by atomic mass is 35.5. The Labute approximate surface area is 148 Å². The molecule has 2 aromatic carbocycles. The third kappa shape index (κ3) is 4.50. The van der Waals surface area contributed by atoms with E-state index >= 15 is 0 Å². The summed E-state index contributed by atoms with van der Waals surface area (Å²) in [6.45, 7) is 0. The quantitative estimate of drug-likeness (QED) is 0.772. The Kier molecular flexibility index (Phi) is 5.84. The van der Waals surface area contributed by atoms with Crippen LogP contribution in [0.5, 0.6) is 5.75 Å². The second-order valence-electron chi connectivity index (χ2n) is 4.72. The van der Waals surface area contributed by atoms with Crippen molar-refractivity contribution in [1.29, 1.82) is 0 Å². The fraction of sp³-hybridized carbons (Fsp3) is 0.0588. The lowest BCUT2D eigenvalue weighted by Crippen LogP contribution is -2.10. The van der Waals surface area contributed by atoms with E-state index in [1.54, 1.807) is 30.3 Å². The molecule has 0 radical (unpaired) electrons. The molecule has 0 unspecified atom stereocenters. The number of carbonyl (C=O) groups is 2. The molecule has 5 nitrogen and oxygen atoms in total. The van der Waals surface area contributed by atoms with Crippen molar-refractivity contribution in [2.24, 2.45) is 0 Å². The fourth-order valence-corrected chi connectivity index (χ4v) is 2.36. The fourth-order valence-electron chi connectivity index (χ4n) is 1.94. The Morgan fingerprint density at radius 2 is 1.83 bits per heavy atom. The Balaban J connectivity index is 2.21. The van der Waals surface area contributed by atoms with E-state index in [-0.39, 0.29) is 22.0 Å². The molecular formula is C17H13Cl2NO4. The molecule has 0 atom stereocenters. The molecule has 124 valence electrons. The molecule has 0 aliphatic heterocycles. The summed E-state index contributed by atoms with van der Waals surface area (Å²) in [6.07, 6.45) is 2.91. The van der Waals surface area contributed by atoms with E-state index in [1.807, 2.05) is 0 Å². The van der Waals surface area contributed by atoms with E-state index in [4.69, 9.17) is 33.0 Å². The normalized spacial score (nSPS) is 10.6. The molecular weight excluding hydrogens is 353 g/mol. The van der Waals surface area contributed by atoms with E-state index in [1.165, 1.54) is 25.3 Å². The summed E-state index contributed by atoms with van der Waals surface area (Å²) in [7, 11) is 1.38. The van der Waals surface area contributed by atoms with E-state index in [0.717, 1.165) is 5.56 Å². The number of hydrogen-bond donors (Lipinski definition) is 2. The second kappa shape index (κ2) is 7.86. The monoisotopic (exact) mass is 365 g/mol. The van der Waals surface area contributed by atoms with Crippen LogP contribution in [-0.2, 0) is 4.79 Å². The van der Waals surface area contributed by atoms with Crippen LogP contribution in [0.25, 0.3) is 6.08 Å². The number of benzene rings is 2. The number of rotatable bonds is 5. The zero-order valence-electron chi connectivity index (χ0n) is 12.5. The number of carboxylic acid groups (broad SMARTS) is 1. The highest BCUT2D eigenvalue weighted by Crippen LogP contribution is 2.34. The first-order valence-corrected chi connectivity index (χ1v) is 7.51. The van der Waals surface area contributed by atoms with Gasteiger partial charge in [0.1, 0.15) is 0 Å². The van der Waals surface area contributed by atoms with Crippen LogP contribution >= 0.6 is 23.2 Å². The number of carbonyl (C=O) groups excluding carboxylic acids is 1. The van der Waals surface area contributed by atoms with Crippen LogP contribution in [-0.4, -0.2) is 24.1 Å². The average molecular weight is 366 g/mol. The second-order valence-corrected chi connectivity index (χ2v) is 5.56. The lowest BCUT2D eigenvalue weighted by atomic mass is 10.1. The van der Waals surface area contributed by atoms with Gasteiger partial charge in [0.05, 0.1) is 23.4 Å². The van der Waals surface area contributed by atoms with Crippen molar-refractivity contribution < 1.29 is 19.4 Å². The standard InChI is InChI=1S/C17H13Cl2NO4/c1-24-16-13(19)8-11(17(22)23)9-14(16)20-15(21)7-4-10-2-5-12(18)6-3-10/h2-9H,1H3,(H,20,21)(H,22,23)/b7-4+. The van der Waals surface area contributed by atoms with Crippen molar-refractivity contribution in [3.63, 3.8) is 0 Å². The van der Waals surface area contributed by atoms with Crippen molar-refractivity contribution in [2.45, 2.75) is 0 Å². The number of ether oxygens (including phenoxy) is 1. The topological polar surface area (TPSA) is 75.6 Å². The molecule has 1 amide bonds. The number of anilines is 1. The number of methoxy groups -OCH3 is 1. The third-order valence-electron chi connectivity index (χ3n) is 3.05. The van der Waals surface area contributed by atoms with Gasteiger partial charge in [0, 0.05) is 11.1 Å². The number of carboxylic acids is 1. The molecule has 2 N–H and O–H groups in total. The maximum absolute atomic E-state index is 12.0. The van der Waals surface area contributed by atoms with E-state index in [9.17, 15) is 9.59 Å². The van der Waals surface area contributed by atoms with Crippen LogP contribution in [0, 0.1) is 0 Å². The molecule has 24 heavy (non-hydrogen) atoms. The lowest BCUT2D eigenvalue weighted by Gasteiger charge is -2.11. The summed E-state index contributed by atoms with van der Waals surface area (Å²) < 4.78 is 5.11. The maximum atomic E-state index is 12.0. The van der Waals surface area contributed by atoms with E-state index < -0.39 is 11.9 Å². The van der Waals surface area contributed by atoms with Crippen LogP contribution < -0.4 is 10.1 Å². The predicted octanol–water partition coefficient (Wildman–Crippen LogP) is 4.35. The molecule has 0 bridgehead atoms. The predicted molar refractivity (Wildman–Crippen MR) is 94.1 cm³/mol. The van der Waals surface area contributed by atoms with Gasteiger partial charge in [0.25, 0.3) is 0 Å². The number of nitrogens with one attached hydrogen (secondary N) is 1. The minimum atomic E-state index is -1.16. The Morgan fingerprint density at radius 3 is 2.42 bits per heavy atom. The van der Waals surface area contributed by atoms with Crippen LogP contribution in [0.1, 0.15) is 15.9 Å². The average Bonchev–Trinajstić information content (AvgIpc) is 2.54. The Bertz CT molecular complexity index is 801. The van der Waals surface area contributed by atoms with Gasteiger partial charge in [-0.05, 0) is 35.9 Å². The zero-order valence-corrected chi connectivity index (χ0v) is 14.1. The van der Waals surface area contributed by atoms with Crippen molar-refractivity contribution in [2.75, 3.05) is 12.4 Å². The molecule has 0 spiro atoms. The number of halogens is 2. The third-order valence-corrected chi connectivity index (χ3v) is 3.58. The summed E-state index contributed by atoms with van der Waals surface area (Å²) in [5.74, 6) is -1.43. The Morgan fingerprint density at radius 1 is 1.17 bits per heavy atom. The number of hydrogen-bond acceptors (Lipinski definition) is 3. The van der Waals surface area contributed by atoms with E-state index in [2.05, 4.69) is 5.32 Å². The zero-order chi connectivity index (χ0) is 17.7. The molecule has 0 aliphatic rings. The maximum Gasteiger partial charge on any atom is 0.335 e. The minimum Gasteiger partial charge on any atom is -0.493 e. The molecule has 0 aromatic heterocycles. The molecule has 7 heteroatoms. The smallest absolute Gasteiger partial charge is 0.335 e. The van der Waals surface area contributed by atoms with Gasteiger partial charge in [-0.25, -0.2) is 4.79 Å².